The van der Waals surface area contributed by atoms with Gasteiger partial charge in [-0.1, -0.05) is 166 Å². The molecule has 9 rings (SSSR count). The van der Waals surface area contributed by atoms with Gasteiger partial charge in [-0.05, 0) is 41.7 Å². The lowest BCUT2D eigenvalue weighted by atomic mass is 9.90. The number of hydrogen-bond acceptors (Lipinski definition) is 2. The Kier molecular flexibility index (Phi) is 10.2. The molecule has 4 bridgehead atoms. The third kappa shape index (κ3) is 6.81. The van der Waals surface area contributed by atoms with E-state index in [9.17, 15) is 0 Å². The van der Waals surface area contributed by atoms with Gasteiger partial charge in [0.05, 0.1) is 17.7 Å². The molecule has 5 heteroatoms. The molecule has 2 aliphatic heterocycles. The molecule has 0 radical (unpaired) electrons. The van der Waals surface area contributed by atoms with Crippen LogP contribution in [0.1, 0.15) is 90.6 Å². The molecule has 7 aromatic rings. The molecule has 2 amide bonds. The molecule has 0 saturated heterocycles. The number of amides is 2. The maximum Gasteiger partial charge on any atom is 0.262 e. The van der Waals surface area contributed by atoms with Gasteiger partial charge in [-0.15, -0.1) is 0 Å². The van der Waals surface area contributed by atoms with Gasteiger partial charge in [0.2, 0.25) is 0 Å². The summed E-state index contributed by atoms with van der Waals surface area (Å²) >= 11 is 0. The number of carbonyl (C=O) groups is 2. The van der Waals surface area contributed by atoms with Crippen LogP contribution in [-0.2, 0) is 42.1 Å². The van der Waals surface area contributed by atoms with Gasteiger partial charge in [-0.25, -0.2) is 0 Å². The van der Waals surface area contributed by atoms with Crippen molar-refractivity contribution in [3.8, 4) is 0 Å². The van der Waals surface area contributed by atoms with E-state index < -0.39 is 0 Å². The maximum atomic E-state index is 15.5. The summed E-state index contributed by atoms with van der Waals surface area (Å²) in [4.78, 5) is 32.5. The van der Waals surface area contributed by atoms with Crippen LogP contribution in [0.15, 0.2) is 140 Å². The Hall–Kier alpha value is -5.94. The minimum Gasteiger partial charge on any atom is -0.344 e. The fourth-order valence-electron chi connectivity index (χ4n) is 9.28. The summed E-state index contributed by atoms with van der Waals surface area (Å²) in [6.45, 7) is 1.93. The number of hydrogen-bond donors (Lipinski definition) is 0. The highest BCUT2D eigenvalue weighted by molar-refractivity contribution is 6.51. The van der Waals surface area contributed by atoms with Gasteiger partial charge >= 0.3 is 0 Å². The van der Waals surface area contributed by atoms with Crippen LogP contribution in [-0.4, -0.2) is 25.8 Å². The van der Waals surface area contributed by atoms with Crippen molar-refractivity contribution in [2.75, 3.05) is 0 Å². The minimum absolute atomic E-state index is 0.213. The molecule has 0 saturated carbocycles. The van der Waals surface area contributed by atoms with Gasteiger partial charge in [0.1, 0.15) is 0 Å². The van der Waals surface area contributed by atoms with Crippen LogP contribution in [0.3, 0.4) is 0 Å². The van der Waals surface area contributed by atoms with Crippen molar-refractivity contribution in [2.45, 2.75) is 83.8 Å². The first-order chi connectivity index (χ1) is 27.7. The highest BCUT2D eigenvalue weighted by Gasteiger charge is 2.44. The van der Waals surface area contributed by atoms with Crippen LogP contribution in [0.25, 0.3) is 33.0 Å². The molecule has 5 aromatic carbocycles. The molecule has 280 valence electrons. The lowest BCUT2D eigenvalue weighted by Gasteiger charge is -2.16. The number of fused-ring (bicyclic) bond motifs is 12. The number of nitrogens with zero attached hydrogens (tertiary/aromatic N) is 3. The fraction of sp³-hybridized carbons (Fsp3) is 0.255. The van der Waals surface area contributed by atoms with Gasteiger partial charge in [0.25, 0.3) is 11.8 Å². The van der Waals surface area contributed by atoms with Crippen molar-refractivity contribution in [2.24, 2.45) is 0 Å². The highest BCUT2D eigenvalue weighted by Crippen LogP contribution is 2.46. The molecule has 2 aromatic heterocycles. The molecular weight excluding hydrogens is 687 g/mol. The molecule has 0 spiro atoms. The van der Waals surface area contributed by atoms with Gasteiger partial charge in [-0.3, -0.25) is 14.5 Å². The number of imide groups is 1. The van der Waals surface area contributed by atoms with Crippen LogP contribution in [0.2, 0.25) is 0 Å². The Labute approximate surface area is 329 Å². The molecule has 0 fully saturated rings. The normalized spacial score (nSPS) is 15.7. The lowest BCUT2D eigenvalue weighted by Crippen LogP contribution is -2.31. The van der Waals surface area contributed by atoms with E-state index >= 15 is 9.59 Å². The smallest absolute Gasteiger partial charge is 0.262 e. The minimum atomic E-state index is -0.219. The van der Waals surface area contributed by atoms with Crippen molar-refractivity contribution in [3.05, 3.63) is 179 Å². The largest absolute Gasteiger partial charge is 0.344 e. The number of aromatic nitrogens is 2. The second-order valence-corrected chi connectivity index (χ2v) is 15.6. The molecule has 0 atom stereocenters. The molecule has 5 nitrogen and oxygen atoms in total. The Morgan fingerprint density at radius 1 is 0.393 bits per heavy atom. The second kappa shape index (κ2) is 16.0. The molecule has 0 aliphatic carbocycles. The molecular formula is C51H49N3O2. The third-order valence-corrected chi connectivity index (χ3v) is 12.0. The van der Waals surface area contributed by atoms with Gasteiger partial charge in [0, 0.05) is 70.3 Å². The van der Waals surface area contributed by atoms with Crippen LogP contribution >= 0.6 is 0 Å². The predicted molar refractivity (Wildman–Crippen MR) is 228 cm³/mol. The van der Waals surface area contributed by atoms with E-state index in [1.165, 1.54) is 54.6 Å². The average Bonchev–Trinajstić information content (AvgIpc) is 3.79. The van der Waals surface area contributed by atoms with Crippen LogP contribution in [0.4, 0.5) is 0 Å². The summed E-state index contributed by atoms with van der Waals surface area (Å²) in [6.07, 6.45) is 10.7. The Balaban J connectivity index is 1.37. The number of rotatable bonds is 6. The Morgan fingerprint density at radius 2 is 0.750 bits per heavy atom. The summed E-state index contributed by atoms with van der Waals surface area (Å²) in [5, 5.41) is 2.06. The fourth-order valence-corrected chi connectivity index (χ4v) is 9.28. The standard InChI is InChI=1S/C51H49N3O2/c55-50-48-46-40-28-16-18-30-42(40)52(44(46)34-37-22-10-7-11-23-37)32-20-5-3-1-2-4-6-21-33-53-43-31-19-17-29-41(43)47(45(53)35-38-24-12-8-13-25-38)49(48)51(56)54(50)36-39-26-14-9-15-27-39/h7-19,22-31H,1-6,20-21,32-36H2. The van der Waals surface area contributed by atoms with Crippen molar-refractivity contribution < 1.29 is 9.59 Å². The van der Waals surface area contributed by atoms with Crippen molar-refractivity contribution in [1.82, 2.24) is 14.0 Å². The van der Waals surface area contributed by atoms with E-state index in [-0.39, 0.29) is 18.4 Å². The number of aryl methyl sites for hydroxylation is 2. The number of para-hydroxylation sites is 2. The van der Waals surface area contributed by atoms with Gasteiger partial charge in [-0.2, -0.15) is 0 Å². The third-order valence-electron chi connectivity index (χ3n) is 12.0. The zero-order valence-corrected chi connectivity index (χ0v) is 32.1. The van der Waals surface area contributed by atoms with E-state index in [0.717, 1.165) is 75.8 Å². The molecule has 56 heavy (non-hydrogen) atoms. The summed E-state index contributed by atoms with van der Waals surface area (Å²) in [5.74, 6) is -0.439. The molecule has 2 aliphatic rings. The number of carbonyl (C=O) groups excluding carboxylic acids is 2. The predicted octanol–water partition coefficient (Wildman–Crippen LogP) is 11.4. The summed E-state index contributed by atoms with van der Waals surface area (Å²) < 4.78 is 4.94. The molecule has 0 N–H and O–H groups in total. The first-order valence-electron chi connectivity index (χ1n) is 20.6. The SMILES string of the molecule is O=C1C2=C(C(=O)N1Cc1ccccc1)c1c(Cc3ccccc3)n(c3ccccc13)CCCCCCCCCCn1c(Cc3ccccc3)c2c2ccccc21. The Morgan fingerprint density at radius 3 is 1.18 bits per heavy atom. The topological polar surface area (TPSA) is 47.2 Å². The lowest BCUT2D eigenvalue weighted by molar-refractivity contribution is -0.136. The molecule has 4 heterocycles. The summed E-state index contributed by atoms with van der Waals surface area (Å²) in [6, 6.07) is 48.2. The average molecular weight is 736 g/mol. The quantitative estimate of drug-likeness (QED) is 0.160. The first-order valence-corrected chi connectivity index (χ1v) is 20.6. The van der Waals surface area contributed by atoms with Gasteiger partial charge in [0.15, 0.2) is 0 Å². The van der Waals surface area contributed by atoms with E-state index in [2.05, 4.69) is 118 Å². The van der Waals surface area contributed by atoms with Crippen LogP contribution in [0.5, 0.6) is 0 Å². The van der Waals surface area contributed by atoms with E-state index in [1.807, 2.05) is 30.3 Å². The van der Waals surface area contributed by atoms with Crippen LogP contribution in [0, 0.1) is 0 Å². The summed E-state index contributed by atoms with van der Waals surface area (Å²) in [7, 11) is 0. The van der Waals surface area contributed by atoms with Crippen LogP contribution < -0.4 is 0 Å². The number of benzene rings is 5. The highest BCUT2D eigenvalue weighted by atomic mass is 16.2. The Bertz CT molecular complexity index is 2390. The van der Waals surface area contributed by atoms with Crippen molar-refractivity contribution in [3.63, 3.8) is 0 Å². The summed E-state index contributed by atoms with van der Waals surface area (Å²) in [5.41, 5.74) is 10.6. The van der Waals surface area contributed by atoms with Crippen molar-refractivity contribution in [1.29, 1.82) is 0 Å². The zero-order valence-electron chi connectivity index (χ0n) is 32.1. The first kappa shape index (κ1) is 35.7. The zero-order chi connectivity index (χ0) is 37.8. The van der Waals surface area contributed by atoms with E-state index in [0.29, 0.717) is 24.0 Å². The monoisotopic (exact) mass is 735 g/mol. The van der Waals surface area contributed by atoms with E-state index in [4.69, 9.17) is 0 Å². The second-order valence-electron chi connectivity index (χ2n) is 15.6. The van der Waals surface area contributed by atoms with Gasteiger partial charge < -0.3 is 9.13 Å². The van der Waals surface area contributed by atoms with Crippen molar-refractivity contribution >= 4 is 44.8 Å². The molecule has 0 unspecified atom stereocenters. The van der Waals surface area contributed by atoms with E-state index in [1.54, 1.807) is 0 Å². The maximum absolute atomic E-state index is 15.5.